The Labute approximate surface area is 179 Å². The highest BCUT2D eigenvalue weighted by Crippen LogP contribution is 2.36. The lowest BCUT2D eigenvalue weighted by Crippen LogP contribution is -2.14. The van der Waals surface area contributed by atoms with Gasteiger partial charge in [-0.25, -0.2) is 0 Å². The van der Waals surface area contributed by atoms with Gasteiger partial charge in [-0.3, -0.25) is 9.78 Å². The average molecular weight is 481 g/mol. The summed E-state index contributed by atoms with van der Waals surface area (Å²) in [5.74, 6) is 0.166. The van der Waals surface area contributed by atoms with Gasteiger partial charge in [0.15, 0.2) is 11.5 Å². The normalized spacial score (nSPS) is 11.1. The van der Waals surface area contributed by atoms with Gasteiger partial charge < -0.3 is 14.8 Å². The van der Waals surface area contributed by atoms with Crippen LogP contribution in [0.5, 0.6) is 11.5 Å². The summed E-state index contributed by atoms with van der Waals surface area (Å²) in [7, 11) is 1.47. The smallest absolute Gasteiger partial charge is 0.417 e. The molecule has 5 nitrogen and oxygen atoms in total. The van der Waals surface area contributed by atoms with Crippen LogP contribution in [0.2, 0.25) is 0 Å². The molecule has 156 valence electrons. The van der Waals surface area contributed by atoms with Gasteiger partial charge in [-0.1, -0.05) is 15.9 Å². The van der Waals surface area contributed by atoms with Crippen molar-refractivity contribution in [3.05, 3.63) is 82.1 Å². The van der Waals surface area contributed by atoms with E-state index in [-0.39, 0.29) is 22.3 Å². The minimum atomic E-state index is -4.55. The second kappa shape index (κ2) is 9.17. The summed E-state index contributed by atoms with van der Waals surface area (Å²) in [5, 5.41) is 2.47. The molecule has 0 aliphatic heterocycles. The Morgan fingerprint density at radius 1 is 1.07 bits per heavy atom. The van der Waals surface area contributed by atoms with Crippen LogP contribution < -0.4 is 14.8 Å². The fourth-order valence-corrected chi connectivity index (χ4v) is 3.07. The first-order valence-electron chi connectivity index (χ1n) is 8.66. The van der Waals surface area contributed by atoms with Crippen LogP contribution in [0.25, 0.3) is 0 Å². The quantitative estimate of drug-likeness (QED) is 0.491. The highest BCUT2D eigenvalue weighted by Gasteiger charge is 2.33. The second-order valence-corrected chi connectivity index (χ2v) is 7.01. The number of halogens is 4. The van der Waals surface area contributed by atoms with Gasteiger partial charge in [-0.2, -0.15) is 13.2 Å². The number of ether oxygens (including phenoxy) is 2. The van der Waals surface area contributed by atoms with E-state index in [9.17, 15) is 18.0 Å². The van der Waals surface area contributed by atoms with E-state index >= 15 is 0 Å². The van der Waals surface area contributed by atoms with Crippen LogP contribution >= 0.6 is 15.9 Å². The third-order valence-corrected chi connectivity index (χ3v) is 4.79. The zero-order valence-electron chi connectivity index (χ0n) is 15.7. The molecule has 0 fully saturated rings. The molecule has 0 saturated heterocycles. The highest BCUT2D eigenvalue weighted by atomic mass is 79.9. The fraction of sp³-hybridized carbons (Fsp3) is 0.143. The van der Waals surface area contributed by atoms with Crippen molar-refractivity contribution in [3.63, 3.8) is 0 Å². The molecule has 9 heteroatoms. The van der Waals surface area contributed by atoms with Crippen molar-refractivity contribution < 1.29 is 27.4 Å². The summed E-state index contributed by atoms with van der Waals surface area (Å²) in [6, 6.07) is 11.6. The lowest BCUT2D eigenvalue weighted by Gasteiger charge is -2.14. The van der Waals surface area contributed by atoms with Crippen LogP contribution in [0.4, 0.5) is 18.9 Å². The standard InChI is InChI=1S/C21H16BrF3N2O3/c1-29-18-5-2-14(10-19(18)30-12-13-6-8-26-9-7-13)20(28)27-15-3-4-17(22)16(11-15)21(23,24)25/h2-11H,12H2,1H3,(H,27,28). The Bertz CT molecular complexity index is 1040. The molecule has 1 amide bonds. The molecule has 0 aliphatic carbocycles. The second-order valence-electron chi connectivity index (χ2n) is 6.16. The lowest BCUT2D eigenvalue weighted by molar-refractivity contribution is -0.138. The zero-order chi connectivity index (χ0) is 21.7. The highest BCUT2D eigenvalue weighted by molar-refractivity contribution is 9.10. The van der Waals surface area contributed by atoms with Gasteiger partial charge in [0.1, 0.15) is 6.61 Å². The molecule has 0 saturated carbocycles. The SMILES string of the molecule is COc1ccc(C(=O)Nc2ccc(Br)c(C(F)(F)F)c2)cc1OCc1ccncc1. The number of carbonyl (C=O) groups excluding carboxylic acids is 1. The van der Waals surface area contributed by atoms with Crippen molar-refractivity contribution in [3.8, 4) is 11.5 Å². The first kappa shape index (κ1) is 21.6. The molecule has 0 bridgehead atoms. The van der Waals surface area contributed by atoms with Crippen LogP contribution in [0.15, 0.2) is 65.4 Å². The van der Waals surface area contributed by atoms with Crippen LogP contribution in [-0.2, 0) is 12.8 Å². The van der Waals surface area contributed by atoms with E-state index in [0.717, 1.165) is 11.6 Å². The van der Waals surface area contributed by atoms with Crippen molar-refractivity contribution in [1.29, 1.82) is 0 Å². The van der Waals surface area contributed by atoms with E-state index in [1.165, 1.54) is 31.4 Å². The van der Waals surface area contributed by atoms with E-state index < -0.39 is 17.6 Å². The summed E-state index contributed by atoms with van der Waals surface area (Å²) < 4.78 is 50.1. The minimum Gasteiger partial charge on any atom is -0.493 e. The number of alkyl halides is 3. The summed E-state index contributed by atoms with van der Waals surface area (Å²) in [5.41, 5.74) is 0.218. The number of rotatable bonds is 6. The fourth-order valence-electron chi connectivity index (χ4n) is 2.59. The van der Waals surface area contributed by atoms with E-state index in [0.29, 0.717) is 11.5 Å². The first-order chi connectivity index (χ1) is 14.3. The van der Waals surface area contributed by atoms with Gasteiger partial charge in [-0.05, 0) is 54.1 Å². The van der Waals surface area contributed by atoms with Crippen molar-refractivity contribution in [2.75, 3.05) is 12.4 Å². The monoisotopic (exact) mass is 480 g/mol. The molecule has 0 radical (unpaired) electrons. The maximum Gasteiger partial charge on any atom is 0.417 e. The number of amides is 1. The van der Waals surface area contributed by atoms with Gasteiger partial charge in [0.05, 0.1) is 12.7 Å². The number of pyridine rings is 1. The largest absolute Gasteiger partial charge is 0.493 e. The third-order valence-electron chi connectivity index (χ3n) is 4.10. The van der Waals surface area contributed by atoms with Crippen LogP contribution in [0.1, 0.15) is 21.5 Å². The van der Waals surface area contributed by atoms with E-state index in [2.05, 4.69) is 26.2 Å². The van der Waals surface area contributed by atoms with E-state index in [1.54, 1.807) is 30.6 Å². The number of aromatic nitrogens is 1. The summed E-state index contributed by atoms with van der Waals surface area (Å²) in [6.45, 7) is 0.228. The van der Waals surface area contributed by atoms with Gasteiger partial charge in [0, 0.05) is 28.1 Å². The molecular weight excluding hydrogens is 465 g/mol. The minimum absolute atomic E-state index is 0.0191. The molecule has 1 aromatic heterocycles. The Morgan fingerprint density at radius 3 is 2.47 bits per heavy atom. The molecule has 0 atom stereocenters. The number of anilines is 1. The number of methoxy groups -OCH3 is 1. The Hall–Kier alpha value is -3.07. The summed E-state index contributed by atoms with van der Waals surface area (Å²) in [4.78, 5) is 16.5. The Balaban J connectivity index is 1.79. The third kappa shape index (κ3) is 5.29. The van der Waals surface area contributed by atoms with E-state index in [1.807, 2.05) is 0 Å². The zero-order valence-corrected chi connectivity index (χ0v) is 17.3. The predicted molar refractivity (Wildman–Crippen MR) is 109 cm³/mol. The van der Waals surface area contributed by atoms with Crippen molar-refractivity contribution >= 4 is 27.5 Å². The molecule has 1 N–H and O–H groups in total. The number of carbonyl (C=O) groups is 1. The molecular formula is C21H16BrF3N2O3. The number of hydrogen-bond donors (Lipinski definition) is 1. The first-order valence-corrected chi connectivity index (χ1v) is 9.45. The lowest BCUT2D eigenvalue weighted by atomic mass is 10.1. The van der Waals surface area contributed by atoms with Gasteiger partial charge in [0.2, 0.25) is 0 Å². The molecule has 3 rings (SSSR count). The molecule has 3 aromatic rings. The van der Waals surface area contributed by atoms with Crippen LogP contribution in [0.3, 0.4) is 0 Å². The molecule has 30 heavy (non-hydrogen) atoms. The Morgan fingerprint density at radius 2 is 1.80 bits per heavy atom. The molecule has 1 heterocycles. The average Bonchev–Trinajstić information content (AvgIpc) is 2.73. The predicted octanol–water partition coefficient (Wildman–Crippen LogP) is 5.70. The number of hydrogen-bond acceptors (Lipinski definition) is 4. The van der Waals surface area contributed by atoms with Crippen molar-refractivity contribution in [1.82, 2.24) is 4.98 Å². The molecule has 0 aliphatic rings. The van der Waals surface area contributed by atoms with Gasteiger partial charge in [0.25, 0.3) is 5.91 Å². The van der Waals surface area contributed by atoms with Crippen molar-refractivity contribution in [2.24, 2.45) is 0 Å². The maximum absolute atomic E-state index is 13.1. The van der Waals surface area contributed by atoms with Gasteiger partial charge in [-0.15, -0.1) is 0 Å². The van der Waals surface area contributed by atoms with Crippen LogP contribution in [0, 0.1) is 0 Å². The summed E-state index contributed by atoms with van der Waals surface area (Å²) in [6.07, 6.45) is -1.28. The number of nitrogens with one attached hydrogen (secondary N) is 1. The Kier molecular flexibility index (Phi) is 6.61. The van der Waals surface area contributed by atoms with Crippen molar-refractivity contribution in [2.45, 2.75) is 12.8 Å². The number of nitrogens with zero attached hydrogens (tertiary/aromatic N) is 1. The maximum atomic E-state index is 13.1. The topological polar surface area (TPSA) is 60.5 Å². The van der Waals surface area contributed by atoms with Crippen LogP contribution in [-0.4, -0.2) is 18.0 Å². The number of benzene rings is 2. The van der Waals surface area contributed by atoms with E-state index in [4.69, 9.17) is 9.47 Å². The summed E-state index contributed by atoms with van der Waals surface area (Å²) >= 11 is 2.87. The molecule has 0 unspecified atom stereocenters. The van der Waals surface area contributed by atoms with Gasteiger partial charge >= 0.3 is 6.18 Å². The molecule has 2 aromatic carbocycles. The molecule has 0 spiro atoms.